The fourth-order valence-corrected chi connectivity index (χ4v) is 4.57. The van der Waals surface area contributed by atoms with Gasteiger partial charge in [0.1, 0.15) is 11.5 Å². The van der Waals surface area contributed by atoms with E-state index >= 15 is 0 Å². The van der Waals surface area contributed by atoms with Crippen molar-refractivity contribution in [1.29, 1.82) is 0 Å². The molecule has 3 heterocycles. The summed E-state index contributed by atoms with van der Waals surface area (Å²) in [6, 6.07) is 9.38. The first-order chi connectivity index (χ1) is 12.0. The van der Waals surface area contributed by atoms with Crippen molar-refractivity contribution in [3.63, 3.8) is 0 Å². The van der Waals surface area contributed by atoms with Gasteiger partial charge in [0.25, 0.3) is 0 Å². The summed E-state index contributed by atoms with van der Waals surface area (Å²) >= 11 is 0. The SMILES string of the molecule is CC.CC.CC(C)[N+]1=C[C@]23C=NC[C@@H](C=C2C1(C)C)c1ccccc13. The summed E-state index contributed by atoms with van der Waals surface area (Å²) in [5, 5.41) is 0. The minimum absolute atomic E-state index is 0.0519. The average Bonchev–Trinajstić information content (AvgIpc) is 2.79. The molecule has 0 amide bonds. The van der Waals surface area contributed by atoms with Crippen LogP contribution in [0.25, 0.3) is 0 Å². The van der Waals surface area contributed by atoms with Crippen molar-refractivity contribution in [2.45, 2.75) is 78.3 Å². The molecular weight excluding hydrogens is 304 g/mol. The van der Waals surface area contributed by atoms with Gasteiger partial charge in [-0.05, 0) is 25.0 Å². The van der Waals surface area contributed by atoms with Crippen LogP contribution in [0.1, 0.15) is 72.4 Å². The van der Waals surface area contributed by atoms with Gasteiger partial charge in [-0.25, -0.2) is 4.58 Å². The predicted molar refractivity (Wildman–Crippen MR) is 111 cm³/mol. The molecule has 0 unspecified atom stereocenters. The summed E-state index contributed by atoms with van der Waals surface area (Å²) in [6.07, 6.45) is 7.12. The van der Waals surface area contributed by atoms with Gasteiger partial charge in [0.2, 0.25) is 0 Å². The highest BCUT2D eigenvalue weighted by atomic mass is 15.1. The van der Waals surface area contributed by atoms with Crippen molar-refractivity contribution >= 4 is 12.4 Å². The smallest absolute Gasteiger partial charge is 0.179 e. The highest BCUT2D eigenvalue weighted by Gasteiger charge is 2.58. The van der Waals surface area contributed by atoms with Crippen LogP contribution in [-0.2, 0) is 5.41 Å². The van der Waals surface area contributed by atoms with E-state index in [0.29, 0.717) is 12.0 Å². The van der Waals surface area contributed by atoms with Gasteiger partial charge in [-0.2, -0.15) is 0 Å². The maximum atomic E-state index is 4.77. The van der Waals surface area contributed by atoms with Crippen molar-refractivity contribution in [2.24, 2.45) is 4.99 Å². The molecule has 2 heteroatoms. The highest BCUT2D eigenvalue weighted by Crippen LogP contribution is 2.50. The summed E-state index contributed by atoms with van der Waals surface area (Å²) in [6.45, 7) is 18.1. The van der Waals surface area contributed by atoms with E-state index < -0.39 is 0 Å². The Kier molecular flexibility index (Phi) is 5.71. The van der Waals surface area contributed by atoms with Crippen molar-refractivity contribution in [3.8, 4) is 0 Å². The van der Waals surface area contributed by atoms with Crippen LogP contribution in [0.2, 0.25) is 0 Å². The third-order valence-corrected chi connectivity index (χ3v) is 5.42. The molecule has 4 aliphatic rings. The minimum Gasteiger partial charge on any atom is -0.295 e. The fourth-order valence-electron chi connectivity index (χ4n) is 4.57. The number of nitrogens with zero attached hydrogens (tertiary/aromatic N) is 2. The summed E-state index contributed by atoms with van der Waals surface area (Å²) in [7, 11) is 0. The number of hydrogen-bond acceptors (Lipinski definition) is 1. The summed E-state index contributed by atoms with van der Waals surface area (Å²) in [5.41, 5.74) is 4.32. The molecule has 0 aromatic heterocycles. The summed E-state index contributed by atoms with van der Waals surface area (Å²) < 4.78 is 2.51. The highest BCUT2D eigenvalue weighted by molar-refractivity contribution is 6.03. The Morgan fingerprint density at radius 1 is 1.08 bits per heavy atom. The maximum Gasteiger partial charge on any atom is 0.179 e. The molecule has 0 fully saturated rings. The lowest BCUT2D eigenvalue weighted by atomic mass is 9.65. The third-order valence-electron chi connectivity index (χ3n) is 5.42. The van der Waals surface area contributed by atoms with Crippen molar-refractivity contribution in [1.82, 2.24) is 0 Å². The predicted octanol–water partition coefficient (Wildman–Crippen LogP) is 5.37. The van der Waals surface area contributed by atoms with Gasteiger partial charge >= 0.3 is 0 Å². The van der Waals surface area contributed by atoms with Gasteiger partial charge in [0.15, 0.2) is 11.8 Å². The molecule has 25 heavy (non-hydrogen) atoms. The Hall–Kier alpha value is -1.70. The van der Waals surface area contributed by atoms with E-state index in [1.807, 2.05) is 27.7 Å². The Balaban J connectivity index is 0.000000528. The quantitative estimate of drug-likeness (QED) is 0.483. The number of aliphatic imine (C=N–C) groups is 1. The molecule has 2 bridgehead atoms. The molecule has 0 radical (unpaired) electrons. The monoisotopic (exact) mass is 339 g/mol. The molecule has 3 aliphatic heterocycles. The second kappa shape index (κ2) is 7.27. The lowest BCUT2D eigenvalue weighted by molar-refractivity contribution is -0.608. The second-order valence-electron chi connectivity index (χ2n) is 7.33. The number of benzene rings is 1. The molecule has 136 valence electrons. The van der Waals surface area contributed by atoms with Crippen molar-refractivity contribution < 1.29 is 4.58 Å². The van der Waals surface area contributed by atoms with Crippen molar-refractivity contribution in [3.05, 3.63) is 47.0 Å². The third kappa shape index (κ3) is 2.80. The summed E-state index contributed by atoms with van der Waals surface area (Å²) in [5.74, 6) is 0.433. The zero-order valence-electron chi connectivity index (χ0n) is 17.3. The molecule has 0 N–H and O–H groups in total. The molecule has 1 aromatic rings. The second-order valence-corrected chi connectivity index (χ2v) is 7.33. The number of rotatable bonds is 1. The first-order valence-corrected chi connectivity index (χ1v) is 9.94. The normalized spacial score (nSPS) is 27.0. The molecule has 1 aliphatic carbocycles. The van der Waals surface area contributed by atoms with Crippen LogP contribution in [0.5, 0.6) is 0 Å². The molecule has 1 spiro atoms. The van der Waals surface area contributed by atoms with Gasteiger partial charge in [-0.3, -0.25) is 4.99 Å². The topological polar surface area (TPSA) is 15.4 Å². The maximum absolute atomic E-state index is 4.77. The lowest BCUT2D eigenvalue weighted by Crippen LogP contribution is -2.41. The van der Waals surface area contributed by atoms with Gasteiger partial charge in [0, 0.05) is 38.1 Å². The molecule has 2 nitrogen and oxygen atoms in total. The molecule has 0 saturated carbocycles. The first kappa shape index (κ1) is 19.6. The molecular formula is C23H35N2+. The molecule has 5 rings (SSSR count). The van der Waals surface area contributed by atoms with Crippen LogP contribution >= 0.6 is 0 Å². The Morgan fingerprint density at radius 3 is 2.36 bits per heavy atom. The molecule has 1 aromatic carbocycles. The Labute approximate surface area is 154 Å². The molecule has 0 saturated heterocycles. The van der Waals surface area contributed by atoms with Gasteiger partial charge in [0.05, 0.1) is 0 Å². The van der Waals surface area contributed by atoms with E-state index in [1.54, 1.807) is 0 Å². The van der Waals surface area contributed by atoms with Crippen LogP contribution in [0, 0.1) is 0 Å². The van der Waals surface area contributed by atoms with Gasteiger partial charge in [-0.15, -0.1) is 0 Å². The zero-order chi connectivity index (χ0) is 18.8. The van der Waals surface area contributed by atoms with E-state index in [2.05, 4.69) is 75.0 Å². The average molecular weight is 340 g/mol. The van der Waals surface area contributed by atoms with Crippen LogP contribution in [0.3, 0.4) is 0 Å². The number of hydrogen-bond donors (Lipinski definition) is 0. The minimum atomic E-state index is -0.128. The van der Waals surface area contributed by atoms with Crippen LogP contribution in [0.4, 0.5) is 0 Å². The van der Waals surface area contributed by atoms with E-state index in [9.17, 15) is 0 Å². The van der Waals surface area contributed by atoms with E-state index in [0.717, 1.165) is 6.54 Å². The van der Waals surface area contributed by atoms with E-state index in [1.165, 1.54) is 16.7 Å². The zero-order valence-corrected chi connectivity index (χ0v) is 17.3. The van der Waals surface area contributed by atoms with Crippen molar-refractivity contribution in [2.75, 3.05) is 6.54 Å². The Morgan fingerprint density at radius 2 is 1.72 bits per heavy atom. The van der Waals surface area contributed by atoms with Crippen LogP contribution in [0.15, 0.2) is 40.9 Å². The van der Waals surface area contributed by atoms with Gasteiger partial charge < -0.3 is 0 Å². The van der Waals surface area contributed by atoms with E-state index in [4.69, 9.17) is 4.99 Å². The van der Waals surface area contributed by atoms with Crippen LogP contribution < -0.4 is 0 Å². The van der Waals surface area contributed by atoms with Gasteiger partial charge in [-0.1, -0.05) is 58.0 Å². The van der Waals surface area contributed by atoms with E-state index in [-0.39, 0.29) is 11.0 Å². The summed E-state index contributed by atoms with van der Waals surface area (Å²) in [4.78, 5) is 4.77. The Bertz CT molecular complexity index is 707. The number of fused-ring (bicyclic) bond motifs is 1. The standard InChI is InChI=1S/C19H23N2.2C2H6/c1-13(2)21-12-19-11-20-10-14(9-17(19)18(21,3)4)15-7-5-6-8-16(15)19;2*1-2/h5-9,11-14H,10H2,1-4H3;2*1-2H3/q+1;;/t14-,19+;;/m1../s1. The fraction of sp³-hybridized carbons (Fsp3) is 0.565. The lowest BCUT2D eigenvalue weighted by Gasteiger charge is -2.33. The molecule has 2 atom stereocenters. The first-order valence-electron chi connectivity index (χ1n) is 9.94. The largest absolute Gasteiger partial charge is 0.295 e. The van der Waals surface area contributed by atoms with Crippen LogP contribution in [-0.4, -0.2) is 35.1 Å².